The zero-order valence-electron chi connectivity index (χ0n) is 76.4. The number of carbonyl (C=O) groups is 5. The van der Waals surface area contributed by atoms with E-state index in [1.54, 1.807) is 143 Å². The molecule has 8 aromatic heterocycles. The Morgan fingerprint density at radius 3 is 1.25 bits per heavy atom. The number of amides is 2. The second-order valence-electron chi connectivity index (χ2n) is 33.3. The number of aldehydes is 1. The van der Waals surface area contributed by atoms with Gasteiger partial charge in [-0.05, 0) is 156 Å². The van der Waals surface area contributed by atoms with Crippen LogP contribution in [0.2, 0.25) is 0 Å². The lowest BCUT2D eigenvalue weighted by Gasteiger charge is -2.21. The number of aryl methyl sites for hydroxylation is 6. The number of nitro groups is 3. The van der Waals surface area contributed by atoms with Gasteiger partial charge < -0.3 is 85.0 Å². The number of aliphatic hydroxyl groups is 1. The number of carbonyl (C=O) groups excluding carboxylic acids is 4. The zero-order chi connectivity index (χ0) is 96.3. The predicted molar refractivity (Wildman–Crippen MR) is 493 cm³/mol. The number of aliphatic hydroxyl groups excluding tert-OH is 1. The molecular weight excluding hydrogens is 1630 g/mol. The molecule has 126 heavy (non-hydrogen) atoms. The highest BCUT2D eigenvalue weighted by Gasteiger charge is 2.25. The number of aromatic carboxylic acids is 1. The fourth-order valence-electron chi connectivity index (χ4n) is 10.9. The van der Waals surface area contributed by atoms with Crippen LogP contribution in [0.4, 0.5) is 22.7 Å². The molecule has 0 spiro atoms. The van der Waals surface area contributed by atoms with Crippen molar-refractivity contribution in [3.8, 4) is 23.0 Å². The number of fused-ring (bicyclic) bond motifs is 2. The van der Waals surface area contributed by atoms with Gasteiger partial charge in [0.25, 0.3) is 41.6 Å². The molecule has 37 heteroatoms. The van der Waals surface area contributed by atoms with Crippen LogP contribution in [-0.4, -0.2) is 139 Å². The monoisotopic (exact) mass is 1750 g/mol. The Kier molecular flexibility index (Phi) is 42.3. The summed E-state index contributed by atoms with van der Waals surface area (Å²) in [6, 6.07) is 28.2. The molecule has 37 nitrogen and oxygen atoms in total. The van der Waals surface area contributed by atoms with Crippen molar-refractivity contribution in [2.75, 3.05) is 63.7 Å². The number of aromatic nitrogens is 8. The number of nitrogens with one attached hydrogen (secondary N) is 3. The minimum absolute atomic E-state index is 0. The summed E-state index contributed by atoms with van der Waals surface area (Å²) < 4.78 is 25.3. The van der Waals surface area contributed by atoms with Gasteiger partial charge >= 0.3 is 23.2 Å². The molecule has 1 fully saturated rings. The topological polar surface area (TPSA) is 521 Å². The molecule has 0 unspecified atom stereocenters. The standard InChI is InChI=1S/C25H26N4O3.C15H12N2O3.C10H14N2O3.2C10H16N2O.C7H12O2.C4H7NO4.C4H9N.C3H6N2O3.CH5N.2H2/c1-25(2,3)17-14-19(24(31)28(4)15-17)27-23(30)20-13-16-7-6-8-21(22(16)29(20)5)32-18-9-11-26-12-10-18;1-17-12(15(18)19)9-10-3-2-4-13(14(10)17)20-11-5-7-16-8-6-11;1-10(2,3)7-5-8(12(14)15)9(13)11(4)6-7;2*1-10(2,3)7-5-8(11)9(13)12(4)6-7;1-7(2,3)6(4-8)5-9;1-2-9-4(6)3-5(7)8;1-2-4-5-3-1;1-4-3(6)2-5(7)8;1-2;;/h6-15H,1-5H3,(H,27,30);2-9H,1H3,(H,18,19);5-6H,1-4H3;2*5-6H,11H2,1-4H3;4-5,8H,1-3H3;2-3H2,1H3;5H,1-4H2;2H2,1H3,(H,4,6);2H2,1H3;2*1H/b;;;;;6-4+;;;;;;/i;;;;;;;;;;1+1;. The van der Waals surface area contributed by atoms with Crippen LogP contribution >= 0.6 is 0 Å². The number of allylic oxidation sites excluding steroid dienone is 1. The van der Waals surface area contributed by atoms with E-state index in [1.165, 1.54) is 71.4 Å². The number of carboxylic acids is 1. The Bertz CT molecular complexity index is 5510. The molecule has 11 rings (SSSR count). The maximum Gasteiger partial charge on any atom is 0.378 e. The quantitative estimate of drug-likeness (QED) is 0.0125. The highest BCUT2D eigenvalue weighted by atomic mass is 16.6. The van der Waals surface area contributed by atoms with E-state index in [1.807, 2.05) is 90.3 Å². The SMILES string of the molecule is C1CCNC1.CC(C)(C)/C(C=O)=C/O.CCOC(=O)C[N+](=O)[O-].CN.CNC(=O)C[N+](=O)[O-].Cn1c(C(=O)O)cc2cccc(Oc3ccncc3)c21.Cn1cc(C(C)(C)C)cc(N)c1=O.Cn1cc(C(C)(C)C)cc(N)c1=O.Cn1cc(C(C)(C)C)cc(NC(=O)c2cc3cccc(Oc4ccncc4)c3n2C)c1=O.Cn1cc(C(C)(C)C)cc([N+](=O)[O-])c1=O.[2HH].[HH]. The normalized spacial score (nSPS) is 11.5. The number of nitrogens with zero attached hydrogens (tertiary/aromatic N) is 11. The fourth-order valence-corrected chi connectivity index (χ4v) is 10.9. The Hall–Kier alpha value is -14.0. The summed E-state index contributed by atoms with van der Waals surface area (Å²) in [5.74, 6) is -0.129. The molecule has 1 aliphatic rings. The van der Waals surface area contributed by atoms with E-state index in [0.717, 1.165) is 50.3 Å². The van der Waals surface area contributed by atoms with Gasteiger partial charge in [0.1, 0.15) is 34.9 Å². The van der Waals surface area contributed by atoms with Crippen LogP contribution in [0.5, 0.6) is 23.0 Å². The first-order chi connectivity index (χ1) is 58.5. The Labute approximate surface area is 734 Å². The molecule has 11 N–H and O–H groups in total. The number of nitrogen functional groups attached to an aromatic ring is 2. The van der Waals surface area contributed by atoms with Gasteiger partial charge in [0.15, 0.2) is 11.5 Å². The van der Waals surface area contributed by atoms with Crippen molar-refractivity contribution in [2.24, 2.45) is 53.4 Å². The molecule has 2 amide bonds. The smallest absolute Gasteiger partial charge is 0.378 e. The zero-order valence-corrected chi connectivity index (χ0v) is 76.4. The maximum atomic E-state index is 13.2. The van der Waals surface area contributed by atoms with E-state index in [4.69, 9.17) is 26.0 Å². The third-order valence-corrected chi connectivity index (χ3v) is 18.1. The Balaban J connectivity index is 0.00000148. The predicted octanol–water partition coefficient (Wildman–Crippen LogP) is 12.7. The van der Waals surface area contributed by atoms with Crippen molar-refractivity contribution in [1.29, 1.82) is 0 Å². The molecule has 1 aliphatic heterocycles. The summed E-state index contributed by atoms with van der Waals surface area (Å²) >= 11 is 0. The number of rotatable bonds is 14. The van der Waals surface area contributed by atoms with E-state index < -0.39 is 51.3 Å². The van der Waals surface area contributed by atoms with E-state index in [-0.39, 0.29) is 76.2 Å². The van der Waals surface area contributed by atoms with Crippen LogP contribution in [0.25, 0.3) is 21.8 Å². The second kappa shape index (κ2) is 49.4. The van der Waals surface area contributed by atoms with Gasteiger partial charge in [-0.2, -0.15) is 0 Å². The largest absolute Gasteiger partial charge is 0.515 e. The summed E-state index contributed by atoms with van der Waals surface area (Å²) in [5.41, 5.74) is 21.0. The van der Waals surface area contributed by atoms with Gasteiger partial charge in [0.2, 0.25) is 0 Å². The number of pyridine rings is 6. The van der Waals surface area contributed by atoms with Crippen molar-refractivity contribution in [3.05, 3.63) is 264 Å². The van der Waals surface area contributed by atoms with E-state index in [0.29, 0.717) is 51.9 Å². The van der Waals surface area contributed by atoms with Crippen molar-refractivity contribution < 1.29 is 66.0 Å². The molecule has 0 aliphatic carbocycles. The van der Waals surface area contributed by atoms with Crippen LogP contribution in [0.3, 0.4) is 0 Å². The first-order valence-electron chi connectivity index (χ1n) is 39.6. The lowest BCUT2D eigenvalue weighted by Crippen LogP contribution is -2.27. The van der Waals surface area contributed by atoms with Crippen molar-refractivity contribution in [3.63, 3.8) is 0 Å². The number of carboxylic acid groups (broad SMARTS) is 1. The van der Waals surface area contributed by atoms with Gasteiger partial charge in [0, 0.05) is 134 Å². The Morgan fingerprint density at radius 2 is 0.937 bits per heavy atom. The summed E-state index contributed by atoms with van der Waals surface area (Å²) in [7, 11) is 13.0. The number of esters is 1. The maximum absolute atomic E-state index is 13.2. The van der Waals surface area contributed by atoms with Gasteiger partial charge in [-0.3, -0.25) is 73.9 Å². The number of ether oxygens (including phenoxy) is 3. The number of para-hydroxylation sites is 2. The highest BCUT2D eigenvalue weighted by molar-refractivity contribution is 6.07. The van der Waals surface area contributed by atoms with Crippen molar-refractivity contribution >= 4 is 74.6 Å². The Morgan fingerprint density at radius 1 is 0.563 bits per heavy atom. The fraction of sp³-hybridized carbons (Fsp3) is 0.404. The van der Waals surface area contributed by atoms with Gasteiger partial charge in [0.05, 0.1) is 40.2 Å². The number of anilines is 3. The van der Waals surface area contributed by atoms with E-state index >= 15 is 0 Å². The summed E-state index contributed by atoms with van der Waals surface area (Å²) in [6.45, 7) is 33.0. The molecular formula is C89H127N17O20. The van der Waals surface area contributed by atoms with Crippen LogP contribution < -0.4 is 64.9 Å². The third kappa shape index (κ3) is 34.7. The van der Waals surface area contributed by atoms with Gasteiger partial charge in [-0.25, -0.2) is 9.59 Å². The number of benzene rings is 2. The molecule has 2 aromatic carbocycles. The van der Waals surface area contributed by atoms with Gasteiger partial charge in [-0.15, -0.1) is 0 Å². The van der Waals surface area contributed by atoms with Crippen molar-refractivity contribution in [1.82, 2.24) is 48.0 Å². The second-order valence-corrected chi connectivity index (χ2v) is 33.3. The summed E-state index contributed by atoms with van der Waals surface area (Å²) in [5, 5.41) is 57.2. The van der Waals surface area contributed by atoms with Crippen LogP contribution in [0.1, 0.15) is 170 Å². The van der Waals surface area contributed by atoms with E-state index in [9.17, 15) is 78.6 Å². The van der Waals surface area contributed by atoms with Crippen LogP contribution in [0.15, 0.2) is 178 Å². The highest BCUT2D eigenvalue weighted by Crippen LogP contribution is 2.35. The molecule has 10 aromatic rings. The summed E-state index contributed by atoms with van der Waals surface area (Å²) in [4.78, 5) is 137. The third-order valence-electron chi connectivity index (χ3n) is 18.1. The first-order valence-corrected chi connectivity index (χ1v) is 39.6. The molecule has 688 valence electrons. The summed E-state index contributed by atoms with van der Waals surface area (Å²) in [6.07, 6.45) is 18.0. The molecule has 0 saturated carbocycles. The van der Waals surface area contributed by atoms with Gasteiger partial charge in [-0.1, -0.05) is 128 Å². The van der Waals surface area contributed by atoms with Crippen LogP contribution in [0, 0.1) is 35.8 Å². The minimum Gasteiger partial charge on any atom is -0.515 e. The van der Waals surface area contributed by atoms with E-state index in [2.05, 4.69) is 98.7 Å². The number of hydrogen-bond donors (Lipinski definition) is 8. The molecule has 1 saturated heterocycles. The number of likely N-dealkylation sites (N-methyl/N-ethyl adjacent to an activating group) is 1. The number of nitrogens with two attached hydrogens (primary N) is 3. The molecule has 0 bridgehead atoms. The average molecular weight is 1760 g/mol. The molecule has 0 radical (unpaired) electrons. The van der Waals surface area contributed by atoms with Crippen LogP contribution in [-0.2, 0) is 83.1 Å². The lowest BCUT2D eigenvalue weighted by molar-refractivity contribution is -0.470. The lowest BCUT2D eigenvalue weighted by atomic mass is 9.88. The molecule has 0 atom stereocenters. The van der Waals surface area contributed by atoms with Crippen molar-refractivity contribution in [2.45, 2.75) is 145 Å². The number of hydrogen-bond acceptors (Lipinski definition) is 25. The molecule has 9 heterocycles. The first kappa shape index (κ1) is 108. The minimum atomic E-state index is -0.960. The average Bonchev–Trinajstić information content (AvgIpc) is 1.72.